The minimum Gasteiger partial charge on any atom is -0.325 e. The SMILES string of the molecule is NCc1ccc(=O)[nH]n1. The molecule has 1 aromatic heterocycles. The number of aromatic nitrogens is 2. The molecule has 0 aliphatic rings. The zero-order chi connectivity index (χ0) is 6.69. The minimum absolute atomic E-state index is 0.202. The van der Waals surface area contributed by atoms with Gasteiger partial charge in [0.25, 0.3) is 5.56 Å². The van der Waals surface area contributed by atoms with Gasteiger partial charge >= 0.3 is 0 Å². The van der Waals surface area contributed by atoms with Gasteiger partial charge in [0, 0.05) is 12.6 Å². The first kappa shape index (κ1) is 5.97. The Bertz CT molecular complexity index is 222. The molecule has 1 heterocycles. The van der Waals surface area contributed by atoms with Crippen molar-refractivity contribution in [3.8, 4) is 0 Å². The van der Waals surface area contributed by atoms with Crippen LogP contribution in [-0.2, 0) is 6.54 Å². The van der Waals surface area contributed by atoms with E-state index < -0.39 is 0 Å². The Balaban J connectivity index is 3.02. The lowest BCUT2D eigenvalue weighted by molar-refractivity contribution is 0.878. The normalized spacial score (nSPS) is 9.44. The van der Waals surface area contributed by atoms with Crippen molar-refractivity contribution in [2.45, 2.75) is 6.54 Å². The Labute approximate surface area is 51.7 Å². The molecule has 1 aromatic rings. The van der Waals surface area contributed by atoms with Gasteiger partial charge in [0.2, 0.25) is 0 Å². The Morgan fingerprint density at radius 2 is 2.44 bits per heavy atom. The summed E-state index contributed by atoms with van der Waals surface area (Å²) in [6, 6.07) is 2.99. The number of nitrogens with two attached hydrogens (primary N) is 1. The Morgan fingerprint density at radius 1 is 1.67 bits per heavy atom. The van der Waals surface area contributed by atoms with E-state index in [9.17, 15) is 4.79 Å². The molecule has 0 spiro atoms. The van der Waals surface area contributed by atoms with Crippen LogP contribution in [0.2, 0.25) is 0 Å². The maximum atomic E-state index is 10.4. The van der Waals surface area contributed by atoms with Crippen LogP contribution < -0.4 is 11.3 Å². The van der Waals surface area contributed by atoms with Crippen molar-refractivity contribution in [2.24, 2.45) is 5.73 Å². The fourth-order valence-corrected chi connectivity index (χ4v) is 0.487. The van der Waals surface area contributed by atoms with Gasteiger partial charge < -0.3 is 5.73 Å². The molecule has 0 unspecified atom stereocenters. The highest BCUT2D eigenvalue weighted by molar-refractivity contribution is 4.97. The quantitative estimate of drug-likeness (QED) is 0.517. The largest absolute Gasteiger partial charge is 0.325 e. The molecule has 4 nitrogen and oxygen atoms in total. The highest BCUT2D eigenvalue weighted by Crippen LogP contribution is 1.82. The van der Waals surface area contributed by atoms with Gasteiger partial charge in [-0.15, -0.1) is 0 Å². The Morgan fingerprint density at radius 3 is 2.89 bits per heavy atom. The van der Waals surface area contributed by atoms with Crippen LogP contribution >= 0.6 is 0 Å². The molecule has 0 amide bonds. The molecule has 9 heavy (non-hydrogen) atoms. The second-order valence-electron chi connectivity index (χ2n) is 1.62. The molecule has 3 N–H and O–H groups in total. The second kappa shape index (κ2) is 2.41. The predicted octanol–water partition coefficient (Wildman–Crippen LogP) is -0.771. The standard InChI is InChI=1S/C5H7N3O/c6-3-4-1-2-5(9)8-7-4/h1-2H,3,6H2,(H,8,9). The zero-order valence-corrected chi connectivity index (χ0v) is 4.79. The van der Waals surface area contributed by atoms with Crippen molar-refractivity contribution in [3.63, 3.8) is 0 Å². The summed E-state index contributed by atoms with van der Waals surface area (Å²) in [5, 5.41) is 5.90. The number of aromatic amines is 1. The summed E-state index contributed by atoms with van der Waals surface area (Å²) in [6.07, 6.45) is 0. The van der Waals surface area contributed by atoms with Crippen molar-refractivity contribution in [2.75, 3.05) is 0 Å². The van der Waals surface area contributed by atoms with Gasteiger partial charge in [-0.05, 0) is 6.07 Å². The monoisotopic (exact) mass is 125 g/mol. The van der Waals surface area contributed by atoms with Crippen LogP contribution in [0.5, 0.6) is 0 Å². The lowest BCUT2D eigenvalue weighted by Crippen LogP contribution is -2.09. The number of rotatable bonds is 1. The molecule has 0 radical (unpaired) electrons. The molecule has 0 saturated heterocycles. The van der Waals surface area contributed by atoms with Crippen LogP contribution in [0.1, 0.15) is 5.69 Å². The molecule has 0 fully saturated rings. The first-order chi connectivity index (χ1) is 4.33. The molecule has 0 aliphatic heterocycles. The zero-order valence-electron chi connectivity index (χ0n) is 4.79. The second-order valence-corrected chi connectivity index (χ2v) is 1.62. The third kappa shape index (κ3) is 1.36. The van der Waals surface area contributed by atoms with Gasteiger partial charge in [-0.2, -0.15) is 5.10 Å². The average Bonchev–Trinajstić information content (AvgIpc) is 1.90. The van der Waals surface area contributed by atoms with E-state index in [4.69, 9.17) is 5.73 Å². The van der Waals surface area contributed by atoms with E-state index in [1.165, 1.54) is 6.07 Å². The summed E-state index contributed by atoms with van der Waals surface area (Å²) in [6.45, 7) is 0.358. The Kier molecular flexibility index (Phi) is 1.60. The van der Waals surface area contributed by atoms with Crippen LogP contribution in [0.25, 0.3) is 0 Å². The summed E-state index contributed by atoms with van der Waals surface area (Å²) in [4.78, 5) is 10.4. The van der Waals surface area contributed by atoms with Crippen LogP contribution in [0.4, 0.5) is 0 Å². The van der Waals surface area contributed by atoms with E-state index in [1.807, 2.05) is 0 Å². The predicted molar refractivity (Wildman–Crippen MR) is 32.7 cm³/mol. The van der Waals surface area contributed by atoms with E-state index >= 15 is 0 Å². The molecule has 0 aliphatic carbocycles. The van der Waals surface area contributed by atoms with E-state index in [1.54, 1.807) is 6.07 Å². The Hall–Kier alpha value is -1.16. The van der Waals surface area contributed by atoms with Gasteiger partial charge in [-0.1, -0.05) is 0 Å². The molecule has 0 saturated carbocycles. The molecule has 0 atom stereocenters. The number of nitrogens with one attached hydrogen (secondary N) is 1. The number of hydrogen-bond acceptors (Lipinski definition) is 3. The first-order valence-corrected chi connectivity index (χ1v) is 2.57. The summed E-state index contributed by atoms with van der Waals surface area (Å²) < 4.78 is 0. The third-order valence-corrected chi connectivity index (χ3v) is 0.946. The van der Waals surface area contributed by atoms with Crippen molar-refractivity contribution in [1.82, 2.24) is 10.2 Å². The van der Waals surface area contributed by atoms with E-state index in [2.05, 4.69) is 10.2 Å². The molecule has 0 aromatic carbocycles. The van der Waals surface area contributed by atoms with Gasteiger partial charge in [-0.25, -0.2) is 5.10 Å². The summed E-state index contributed by atoms with van der Waals surface area (Å²) in [5.74, 6) is 0. The first-order valence-electron chi connectivity index (χ1n) is 2.57. The highest BCUT2D eigenvalue weighted by atomic mass is 16.1. The van der Waals surface area contributed by atoms with Crippen LogP contribution in [0, 0.1) is 0 Å². The minimum atomic E-state index is -0.202. The van der Waals surface area contributed by atoms with Crippen molar-refractivity contribution in [3.05, 3.63) is 28.2 Å². The smallest absolute Gasteiger partial charge is 0.264 e. The average molecular weight is 125 g/mol. The summed E-state index contributed by atoms with van der Waals surface area (Å²) in [7, 11) is 0. The van der Waals surface area contributed by atoms with E-state index in [0.29, 0.717) is 12.2 Å². The van der Waals surface area contributed by atoms with Gasteiger partial charge in [0.05, 0.1) is 5.69 Å². The van der Waals surface area contributed by atoms with Crippen LogP contribution in [-0.4, -0.2) is 10.2 Å². The molecule has 1 rings (SSSR count). The molecular formula is C5H7N3O. The fourth-order valence-electron chi connectivity index (χ4n) is 0.487. The van der Waals surface area contributed by atoms with Gasteiger partial charge in [0.15, 0.2) is 0 Å². The third-order valence-electron chi connectivity index (χ3n) is 0.946. The number of nitrogens with zero attached hydrogens (tertiary/aromatic N) is 1. The summed E-state index contributed by atoms with van der Waals surface area (Å²) in [5.41, 5.74) is 5.70. The topological polar surface area (TPSA) is 71.8 Å². The molecule has 0 bridgehead atoms. The van der Waals surface area contributed by atoms with E-state index in [-0.39, 0.29) is 5.56 Å². The maximum Gasteiger partial charge on any atom is 0.264 e. The van der Waals surface area contributed by atoms with Crippen LogP contribution in [0.3, 0.4) is 0 Å². The molecule has 48 valence electrons. The van der Waals surface area contributed by atoms with Gasteiger partial charge in [0.1, 0.15) is 0 Å². The molecule has 4 heteroatoms. The van der Waals surface area contributed by atoms with Crippen LogP contribution in [0.15, 0.2) is 16.9 Å². The van der Waals surface area contributed by atoms with Crippen molar-refractivity contribution >= 4 is 0 Å². The van der Waals surface area contributed by atoms with Gasteiger partial charge in [-0.3, -0.25) is 4.79 Å². The van der Waals surface area contributed by atoms with E-state index in [0.717, 1.165) is 0 Å². The number of hydrogen-bond donors (Lipinski definition) is 2. The fraction of sp³-hybridized carbons (Fsp3) is 0.200. The van der Waals surface area contributed by atoms with Crippen molar-refractivity contribution < 1.29 is 0 Å². The maximum absolute atomic E-state index is 10.4. The highest BCUT2D eigenvalue weighted by Gasteiger charge is 1.86. The molecular weight excluding hydrogens is 118 g/mol. The number of H-pyrrole nitrogens is 1. The summed E-state index contributed by atoms with van der Waals surface area (Å²) >= 11 is 0. The lowest BCUT2D eigenvalue weighted by atomic mass is 10.4. The van der Waals surface area contributed by atoms with Crippen molar-refractivity contribution in [1.29, 1.82) is 0 Å². The lowest BCUT2D eigenvalue weighted by Gasteiger charge is -1.89.